The summed E-state index contributed by atoms with van der Waals surface area (Å²) in [6.07, 6.45) is 1.44. The van der Waals surface area contributed by atoms with Gasteiger partial charge in [-0.15, -0.1) is 0 Å². The molecule has 2 aromatic rings. The smallest absolute Gasteiger partial charge is 0.260 e. The monoisotopic (exact) mass is 425 g/mol. The molecule has 0 saturated carbocycles. The summed E-state index contributed by atoms with van der Waals surface area (Å²) in [5, 5.41) is 0.287. The first-order valence-electron chi connectivity index (χ1n) is 8.76. The first-order chi connectivity index (χ1) is 14.0. The summed E-state index contributed by atoms with van der Waals surface area (Å²) in [7, 11) is 12.4. The van der Waals surface area contributed by atoms with Gasteiger partial charge < -0.3 is 14.8 Å². The van der Waals surface area contributed by atoms with Gasteiger partial charge in [-0.05, 0) is 42.1 Å². The van der Waals surface area contributed by atoms with E-state index in [-0.39, 0.29) is 34.7 Å². The molecular weight excluding hydrogens is 410 g/mol. The fraction of sp³-hybridized carbons (Fsp3) is 0.294. The zero-order valence-corrected chi connectivity index (χ0v) is 16.5. The lowest BCUT2D eigenvalue weighted by molar-refractivity contribution is 0.102. The number of pyridine rings is 1. The van der Waals surface area contributed by atoms with Gasteiger partial charge >= 0.3 is 0 Å². The molecule has 0 bridgehead atoms. The van der Waals surface area contributed by atoms with Crippen LogP contribution in [0.15, 0.2) is 41.4 Å². The molecule has 3 rings (SSSR count). The second kappa shape index (κ2) is 8.79. The van der Waals surface area contributed by atoms with Gasteiger partial charge in [-0.2, -0.15) is 0 Å². The van der Waals surface area contributed by atoms with Gasteiger partial charge in [0, 0.05) is 12.6 Å². The van der Waals surface area contributed by atoms with Gasteiger partial charge in [0.1, 0.15) is 40.9 Å². The highest BCUT2D eigenvalue weighted by atomic mass is 32.2. The van der Waals surface area contributed by atoms with Crippen LogP contribution in [-0.2, 0) is 14.8 Å². The molecule has 2 heterocycles. The van der Waals surface area contributed by atoms with Gasteiger partial charge in [0.15, 0.2) is 0 Å². The van der Waals surface area contributed by atoms with Crippen LogP contribution in [0.3, 0.4) is 0 Å². The SMILES string of the molecule is [B]C([B])([B])Oc1ccc(S(=O)(=O)N[C@H]2CCOC2)cc1C(=O)Nc1ccc(F)cn1. The summed E-state index contributed by atoms with van der Waals surface area (Å²) in [6.45, 7) is 0.698. The maximum absolute atomic E-state index is 13.0. The number of benzene rings is 1. The maximum atomic E-state index is 13.0. The Morgan fingerprint density at radius 1 is 1.27 bits per heavy atom. The highest BCUT2D eigenvalue weighted by Crippen LogP contribution is 2.26. The number of rotatable bonds is 7. The van der Waals surface area contributed by atoms with Gasteiger partial charge in [0.25, 0.3) is 5.91 Å². The lowest BCUT2D eigenvalue weighted by atomic mass is 9.52. The zero-order valence-electron chi connectivity index (χ0n) is 15.7. The molecule has 150 valence electrons. The van der Waals surface area contributed by atoms with Crippen LogP contribution in [0.4, 0.5) is 10.2 Å². The molecule has 1 aromatic carbocycles. The molecule has 2 N–H and O–H groups in total. The number of carbonyl (C=O) groups excluding carboxylic acids is 1. The molecule has 0 aliphatic carbocycles. The van der Waals surface area contributed by atoms with Crippen molar-refractivity contribution in [1.82, 2.24) is 9.71 Å². The van der Waals surface area contributed by atoms with Crippen molar-refractivity contribution in [3.63, 3.8) is 0 Å². The fourth-order valence-corrected chi connectivity index (χ4v) is 3.96. The number of carbonyl (C=O) groups is 1. The lowest BCUT2D eigenvalue weighted by Gasteiger charge is -2.25. The van der Waals surface area contributed by atoms with E-state index in [1.807, 2.05) is 0 Å². The first-order valence-corrected chi connectivity index (χ1v) is 10.2. The molecule has 1 amide bonds. The summed E-state index contributed by atoms with van der Waals surface area (Å²) < 4.78 is 51.2. The van der Waals surface area contributed by atoms with E-state index < -0.39 is 27.0 Å². The molecule has 6 radical (unpaired) electrons. The van der Waals surface area contributed by atoms with E-state index in [1.165, 1.54) is 18.2 Å². The molecule has 1 atom stereocenters. The van der Waals surface area contributed by atoms with E-state index in [1.54, 1.807) is 0 Å². The van der Waals surface area contributed by atoms with Gasteiger partial charge in [-0.25, -0.2) is 22.5 Å². The van der Waals surface area contributed by atoms with Gasteiger partial charge in [-0.1, -0.05) is 0 Å². The second-order valence-corrected chi connectivity index (χ2v) is 8.33. The number of ether oxygens (including phenoxy) is 2. The van der Waals surface area contributed by atoms with Crippen LogP contribution in [-0.4, -0.2) is 67.4 Å². The van der Waals surface area contributed by atoms with Crippen LogP contribution in [0.5, 0.6) is 5.75 Å². The van der Waals surface area contributed by atoms with Crippen molar-refractivity contribution >= 4 is 45.3 Å². The standard InChI is InChI=1S/C17H15B3FN3O5S/c18-17(19,20)29-14-3-2-12(30(26,27)24-11-5-6-28-9-11)7-13(14)16(25)23-15-4-1-10(21)8-22-15/h1-4,7-8,11,24H,5-6,9H2,(H,22,23,25)/t11-/m0/s1. The van der Waals surface area contributed by atoms with Crippen LogP contribution in [0.1, 0.15) is 16.8 Å². The Labute approximate surface area is 177 Å². The minimum absolute atomic E-state index is 0.0290. The van der Waals surface area contributed by atoms with Gasteiger partial charge in [0.05, 0.1) is 23.3 Å². The molecule has 0 unspecified atom stereocenters. The van der Waals surface area contributed by atoms with Crippen LogP contribution >= 0.6 is 0 Å². The highest BCUT2D eigenvalue weighted by Gasteiger charge is 2.26. The Kier molecular flexibility index (Phi) is 6.54. The minimum Gasteiger partial charge on any atom is -0.515 e. The molecular formula is C17H15B3FN3O5S. The predicted molar refractivity (Wildman–Crippen MR) is 109 cm³/mol. The summed E-state index contributed by atoms with van der Waals surface area (Å²) in [6, 6.07) is 5.45. The van der Waals surface area contributed by atoms with Gasteiger partial charge in [0.2, 0.25) is 10.0 Å². The Morgan fingerprint density at radius 2 is 2.03 bits per heavy atom. The number of amides is 1. The predicted octanol–water partition coefficient (Wildman–Crippen LogP) is 0.0358. The summed E-state index contributed by atoms with van der Waals surface area (Å²) in [5.41, 5.74) is -0.225. The Bertz CT molecular complexity index is 1030. The fourth-order valence-electron chi connectivity index (χ4n) is 2.68. The largest absolute Gasteiger partial charge is 0.515 e. The average Bonchev–Trinajstić information content (AvgIpc) is 3.14. The average molecular weight is 425 g/mol. The Morgan fingerprint density at radius 3 is 2.63 bits per heavy atom. The first kappa shape index (κ1) is 22.3. The molecule has 1 aromatic heterocycles. The third-order valence-electron chi connectivity index (χ3n) is 4.01. The van der Waals surface area contributed by atoms with Crippen molar-refractivity contribution in [2.45, 2.75) is 22.7 Å². The van der Waals surface area contributed by atoms with E-state index in [4.69, 9.17) is 33.0 Å². The molecule has 30 heavy (non-hydrogen) atoms. The van der Waals surface area contributed by atoms with Crippen LogP contribution in [0.25, 0.3) is 0 Å². The number of hydrogen-bond acceptors (Lipinski definition) is 6. The summed E-state index contributed by atoms with van der Waals surface area (Å²) in [4.78, 5) is 16.3. The van der Waals surface area contributed by atoms with Crippen molar-refractivity contribution in [3.05, 3.63) is 47.9 Å². The molecule has 1 fully saturated rings. The lowest BCUT2D eigenvalue weighted by Crippen LogP contribution is -2.38. The van der Waals surface area contributed by atoms with Crippen LogP contribution in [0.2, 0.25) is 0 Å². The number of nitrogens with zero attached hydrogens (tertiary/aromatic N) is 1. The third-order valence-corrected chi connectivity index (χ3v) is 5.53. The second-order valence-electron chi connectivity index (χ2n) is 6.61. The number of anilines is 1. The molecule has 0 spiro atoms. The molecule has 1 saturated heterocycles. The van der Waals surface area contributed by atoms with E-state index in [2.05, 4.69) is 15.0 Å². The highest BCUT2D eigenvalue weighted by molar-refractivity contribution is 7.89. The van der Waals surface area contributed by atoms with E-state index >= 15 is 0 Å². The summed E-state index contributed by atoms with van der Waals surface area (Å²) >= 11 is 0. The van der Waals surface area contributed by atoms with Crippen molar-refractivity contribution in [1.29, 1.82) is 0 Å². The van der Waals surface area contributed by atoms with Crippen LogP contribution < -0.4 is 14.8 Å². The number of aromatic nitrogens is 1. The topological polar surface area (TPSA) is 107 Å². The molecule has 13 heteroatoms. The van der Waals surface area contributed by atoms with Crippen molar-refractivity contribution < 1.29 is 27.1 Å². The maximum Gasteiger partial charge on any atom is 0.260 e. The molecule has 1 aliphatic rings. The Hall–Kier alpha value is -2.37. The minimum atomic E-state index is -3.96. The quantitative estimate of drug-likeness (QED) is 0.608. The Balaban J connectivity index is 1.93. The third kappa shape index (κ3) is 5.84. The zero-order chi connectivity index (χ0) is 21.9. The molecule has 1 aliphatic heterocycles. The number of sulfonamides is 1. The van der Waals surface area contributed by atoms with E-state index in [9.17, 15) is 17.6 Å². The number of halogens is 1. The van der Waals surface area contributed by atoms with E-state index in [0.717, 1.165) is 18.3 Å². The van der Waals surface area contributed by atoms with Crippen molar-refractivity contribution in [3.8, 4) is 5.75 Å². The molecule has 8 nitrogen and oxygen atoms in total. The van der Waals surface area contributed by atoms with Gasteiger partial charge in [-0.3, -0.25) is 4.79 Å². The van der Waals surface area contributed by atoms with E-state index in [0.29, 0.717) is 13.0 Å². The van der Waals surface area contributed by atoms with Crippen LogP contribution in [0, 0.1) is 5.82 Å². The normalized spacial score (nSPS) is 16.9. The number of nitrogens with one attached hydrogen (secondary N) is 2. The number of hydrogen-bond donors (Lipinski definition) is 2. The van der Waals surface area contributed by atoms with Crippen molar-refractivity contribution in [2.75, 3.05) is 18.5 Å². The van der Waals surface area contributed by atoms with Crippen molar-refractivity contribution in [2.24, 2.45) is 0 Å². The summed E-state index contributed by atoms with van der Waals surface area (Å²) in [5.74, 6) is -1.52.